The first-order chi connectivity index (χ1) is 7.58. The molecule has 0 radical (unpaired) electrons. The van der Waals surface area contributed by atoms with E-state index in [1.54, 1.807) is 0 Å². The van der Waals surface area contributed by atoms with Gasteiger partial charge in [-0.05, 0) is 50.2 Å². The largest absolute Gasteiger partial charge is 0.324 e. The van der Waals surface area contributed by atoms with Crippen molar-refractivity contribution < 1.29 is 0 Å². The molecule has 1 atom stereocenters. The Morgan fingerprint density at radius 3 is 2.38 bits per heavy atom. The number of hydrogen-bond acceptors (Lipinski definition) is 2. The van der Waals surface area contributed by atoms with Crippen molar-refractivity contribution in [3.05, 3.63) is 21.4 Å². The zero-order valence-corrected chi connectivity index (χ0v) is 11.4. The Labute approximate surface area is 103 Å². The Bertz CT molecular complexity index is 348. The molecule has 0 amide bonds. The van der Waals surface area contributed by atoms with Gasteiger partial charge in [0.2, 0.25) is 0 Å². The maximum absolute atomic E-state index is 6.44. The van der Waals surface area contributed by atoms with E-state index in [1.807, 2.05) is 11.3 Å². The zero-order valence-electron chi connectivity index (χ0n) is 10.6. The van der Waals surface area contributed by atoms with Crippen LogP contribution >= 0.6 is 11.3 Å². The van der Waals surface area contributed by atoms with Gasteiger partial charge in [0.25, 0.3) is 0 Å². The van der Waals surface area contributed by atoms with Crippen molar-refractivity contribution in [1.82, 2.24) is 0 Å². The van der Waals surface area contributed by atoms with E-state index >= 15 is 0 Å². The van der Waals surface area contributed by atoms with Crippen LogP contribution < -0.4 is 5.73 Å². The van der Waals surface area contributed by atoms with Gasteiger partial charge >= 0.3 is 0 Å². The molecule has 1 unspecified atom stereocenters. The molecule has 1 aliphatic rings. The van der Waals surface area contributed by atoms with Gasteiger partial charge in [0.1, 0.15) is 0 Å². The Morgan fingerprint density at radius 2 is 1.88 bits per heavy atom. The summed E-state index contributed by atoms with van der Waals surface area (Å²) in [5.41, 5.74) is 7.84. The first-order valence-corrected chi connectivity index (χ1v) is 7.22. The summed E-state index contributed by atoms with van der Waals surface area (Å²) < 4.78 is 0. The molecule has 2 N–H and O–H groups in total. The highest BCUT2D eigenvalue weighted by molar-refractivity contribution is 7.12. The van der Waals surface area contributed by atoms with Crippen LogP contribution in [-0.2, 0) is 0 Å². The number of rotatable bonds is 2. The third kappa shape index (κ3) is 2.49. The molecule has 1 aromatic rings. The topological polar surface area (TPSA) is 26.0 Å². The summed E-state index contributed by atoms with van der Waals surface area (Å²) in [4.78, 5) is 2.82. The van der Waals surface area contributed by atoms with Gasteiger partial charge in [-0.3, -0.25) is 0 Å². The van der Waals surface area contributed by atoms with Crippen molar-refractivity contribution in [1.29, 1.82) is 0 Å². The molecule has 0 spiro atoms. The molecule has 1 aromatic heterocycles. The quantitative estimate of drug-likeness (QED) is 0.820. The highest BCUT2D eigenvalue weighted by atomic mass is 32.1. The summed E-state index contributed by atoms with van der Waals surface area (Å²) in [6, 6.07) is 2.57. The van der Waals surface area contributed by atoms with Crippen molar-refractivity contribution in [3.8, 4) is 0 Å². The number of aryl methyl sites for hydroxylation is 2. The minimum Gasteiger partial charge on any atom is -0.324 e. The molecule has 0 saturated heterocycles. The molecule has 1 heterocycles. The molecule has 0 bridgehead atoms. The fourth-order valence-electron chi connectivity index (χ4n) is 2.88. The Balaban J connectivity index is 2.07. The van der Waals surface area contributed by atoms with Crippen molar-refractivity contribution in [2.75, 3.05) is 0 Å². The van der Waals surface area contributed by atoms with Gasteiger partial charge in [0.05, 0.1) is 0 Å². The predicted molar refractivity (Wildman–Crippen MR) is 71.8 cm³/mol. The Kier molecular flexibility index (Phi) is 3.70. The average Bonchev–Trinajstić information content (AvgIpc) is 2.58. The van der Waals surface area contributed by atoms with Gasteiger partial charge in [-0.25, -0.2) is 0 Å². The molecular weight excluding hydrogens is 214 g/mol. The van der Waals surface area contributed by atoms with E-state index in [0.717, 1.165) is 5.92 Å². The van der Waals surface area contributed by atoms with E-state index in [2.05, 4.69) is 26.8 Å². The number of nitrogens with two attached hydrogens (primary N) is 1. The van der Waals surface area contributed by atoms with E-state index < -0.39 is 0 Å². The normalized spacial score (nSPS) is 28.0. The molecule has 1 fully saturated rings. The molecule has 0 aliphatic heterocycles. The highest BCUT2D eigenvalue weighted by Crippen LogP contribution is 2.38. The van der Waals surface area contributed by atoms with Crippen LogP contribution in [0.5, 0.6) is 0 Å². The lowest BCUT2D eigenvalue weighted by Gasteiger charge is -2.30. The molecule has 2 rings (SSSR count). The maximum atomic E-state index is 6.44. The average molecular weight is 237 g/mol. The highest BCUT2D eigenvalue weighted by Gasteiger charge is 2.26. The molecule has 0 aromatic carbocycles. The molecule has 2 heteroatoms. The van der Waals surface area contributed by atoms with Crippen LogP contribution in [0.3, 0.4) is 0 Å². The fourth-order valence-corrected chi connectivity index (χ4v) is 3.86. The fraction of sp³-hybridized carbons (Fsp3) is 0.714. The zero-order chi connectivity index (χ0) is 11.7. The lowest BCUT2D eigenvalue weighted by atomic mass is 9.78. The Hall–Kier alpha value is -0.340. The second-order valence-corrected chi connectivity index (χ2v) is 6.87. The molecule has 16 heavy (non-hydrogen) atoms. The smallest absolute Gasteiger partial charge is 0.0334 e. The van der Waals surface area contributed by atoms with E-state index in [4.69, 9.17) is 5.73 Å². The van der Waals surface area contributed by atoms with Gasteiger partial charge in [0, 0.05) is 15.8 Å². The van der Waals surface area contributed by atoms with Crippen molar-refractivity contribution in [2.24, 2.45) is 17.6 Å². The van der Waals surface area contributed by atoms with E-state index in [9.17, 15) is 0 Å². The molecule has 90 valence electrons. The van der Waals surface area contributed by atoms with E-state index in [-0.39, 0.29) is 6.04 Å². The van der Waals surface area contributed by atoms with Crippen molar-refractivity contribution in [3.63, 3.8) is 0 Å². The van der Waals surface area contributed by atoms with Crippen LogP contribution in [0, 0.1) is 25.7 Å². The van der Waals surface area contributed by atoms with Gasteiger partial charge in [-0.15, -0.1) is 11.3 Å². The second kappa shape index (κ2) is 4.89. The molecule has 1 saturated carbocycles. The first kappa shape index (κ1) is 12.1. The monoisotopic (exact) mass is 237 g/mol. The van der Waals surface area contributed by atoms with Crippen molar-refractivity contribution >= 4 is 11.3 Å². The lowest BCUT2D eigenvalue weighted by molar-refractivity contribution is 0.256. The summed E-state index contributed by atoms with van der Waals surface area (Å²) in [6.45, 7) is 6.75. The second-order valence-electron chi connectivity index (χ2n) is 5.41. The van der Waals surface area contributed by atoms with Crippen LogP contribution in [0.25, 0.3) is 0 Å². The summed E-state index contributed by atoms with van der Waals surface area (Å²) in [6.07, 6.45) is 5.36. The van der Waals surface area contributed by atoms with Crippen LogP contribution in [0.15, 0.2) is 6.07 Å². The predicted octanol–water partition coefficient (Wildman–Crippen LogP) is 4.19. The van der Waals surface area contributed by atoms with Crippen LogP contribution in [0.2, 0.25) is 0 Å². The van der Waals surface area contributed by atoms with E-state index in [0.29, 0.717) is 5.92 Å². The van der Waals surface area contributed by atoms with Gasteiger partial charge in [-0.1, -0.05) is 19.8 Å². The summed E-state index contributed by atoms with van der Waals surface area (Å²) in [5, 5.41) is 0. The summed E-state index contributed by atoms with van der Waals surface area (Å²) >= 11 is 1.88. The van der Waals surface area contributed by atoms with E-state index in [1.165, 1.54) is 41.0 Å². The maximum Gasteiger partial charge on any atom is 0.0334 e. The minimum absolute atomic E-state index is 0.275. The first-order valence-electron chi connectivity index (χ1n) is 6.40. The summed E-state index contributed by atoms with van der Waals surface area (Å²) in [5.74, 6) is 1.62. The third-order valence-electron chi connectivity index (χ3n) is 4.01. The van der Waals surface area contributed by atoms with Crippen LogP contribution in [-0.4, -0.2) is 0 Å². The number of hydrogen-bond donors (Lipinski definition) is 1. The Morgan fingerprint density at radius 1 is 1.25 bits per heavy atom. The molecule has 1 nitrogen and oxygen atoms in total. The standard InChI is InChI=1S/C14H23NS/c1-9-4-6-12(7-5-9)14(15)13-8-10(2)16-11(13)3/h8-9,12,14H,4-7,15H2,1-3H3. The number of thiophene rings is 1. The molecule has 1 aliphatic carbocycles. The van der Waals surface area contributed by atoms with Crippen LogP contribution in [0.4, 0.5) is 0 Å². The lowest BCUT2D eigenvalue weighted by Crippen LogP contribution is -2.25. The van der Waals surface area contributed by atoms with Crippen LogP contribution in [0.1, 0.15) is 54.0 Å². The minimum atomic E-state index is 0.275. The summed E-state index contributed by atoms with van der Waals surface area (Å²) in [7, 11) is 0. The van der Waals surface area contributed by atoms with Gasteiger partial charge in [-0.2, -0.15) is 0 Å². The van der Waals surface area contributed by atoms with Gasteiger partial charge in [0.15, 0.2) is 0 Å². The third-order valence-corrected chi connectivity index (χ3v) is 4.99. The van der Waals surface area contributed by atoms with Gasteiger partial charge < -0.3 is 5.73 Å². The SMILES string of the molecule is Cc1cc(C(N)C2CCC(C)CC2)c(C)s1. The molecular formula is C14H23NS. The van der Waals surface area contributed by atoms with Crippen molar-refractivity contribution in [2.45, 2.75) is 52.5 Å².